The maximum atomic E-state index is 12.2. The summed E-state index contributed by atoms with van der Waals surface area (Å²) in [5, 5.41) is 12.3. The largest absolute Gasteiger partial charge is 0.394 e. The van der Waals surface area contributed by atoms with Crippen LogP contribution in [0.3, 0.4) is 0 Å². The molecular weight excluding hydrogens is 304 g/mol. The Morgan fingerprint density at radius 2 is 2.05 bits per heavy atom. The number of aromatic nitrogens is 1. The van der Waals surface area contributed by atoms with Crippen LogP contribution in [-0.4, -0.2) is 43.3 Å². The molecule has 22 heavy (non-hydrogen) atoms. The Hall–Kier alpha value is -1.47. The fraction of sp³-hybridized carbons (Fsp3) is 0.600. The molecule has 0 aromatic carbocycles. The van der Waals surface area contributed by atoms with Gasteiger partial charge in [0.2, 0.25) is 0 Å². The van der Waals surface area contributed by atoms with Crippen molar-refractivity contribution in [3.05, 3.63) is 23.9 Å². The topological polar surface area (TPSA) is 96.4 Å². The van der Waals surface area contributed by atoms with Crippen molar-refractivity contribution in [3.63, 3.8) is 0 Å². The summed E-state index contributed by atoms with van der Waals surface area (Å²) in [7, 11) is -3.37. The van der Waals surface area contributed by atoms with Crippen molar-refractivity contribution in [2.75, 3.05) is 12.9 Å². The quantitative estimate of drug-likeness (QED) is 0.846. The normalized spacial score (nSPS) is 17.9. The van der Waals surface area contributed by atoms with Gasteiger partial charge >= 0.3 is 0 Å². The van der Waals surface area contributed by atoms with E-state index >= 15 is 0 Å². The molecule has 1 saturated carbocycles. The second-order valence-corrected chi connectivity index (χ2v) is 7.78. The van der Waals surface area contributed by atoms with E-state index in [4.69, 9.17) is 0 Å². The molecular formula is C15H22N2O4S. The molecule has 2 rings (SSSR count). The van der Waals surface area contributed by atoms with Gasteiger partial charge in [-0.1, -0.05) is 19.3 Å². The fourth-order valence-electron chi connectivity index (χ4n) is 2.83. The van der Waals surface area contributed by atoms with Gasteiger partial charge in [-0.05, 0) is 30.9 Å². The SMILES string of the molecule is CS(=O)(=O)c1ccc(C(=O)NC(CO)C2CCCCC2)cn1. The van der Waals surface area contributed by atoms with Crippen molar-refractivity contribution in [2.24, 2.45) is 5.92 Å². The fourth-order valence-corrected chi connectivity index (χ4v) is 3.39. The molecule has 1 aliphatic rings. The first-order chi connectivity index (χ1) is 10.4. The van der Waals surface area contributed by atoms with Gasteiger partial charge in [0.05, 0.1) is 18.2 Å². The molecule has 1 unspecified atom stereocenters. The van der Waals surface area contributed by atoms with Crippen LogP contribution in [0.25, 0.3) is 0 Å². The molecule has 7 heteroatoms. The van der Waals surface area contributed by atoms with Crippen molar-refractivity contribution in [1.82, 2.24) is 10.3 Å². The summed E-state index contributed by atoms with van der Waals surface area (Å²) >= 11 is 0. The predicted octanol–water partition coefficient (Wildman–Crippen LogP) is 1.16. The Kier molecular flexibility index (Phi) is 5.52. The van der Waals surface area contributed by atoms with Gasteiger partial charge in [-0.25, -0.2) is 13.4 Å². The van der Waals surface area contributed by atoms with Crippen molar-refractivity contribution in [1.29, 1.82) is 0 Å². The molecule has 2 N–H and O–H groups in total. The van der Waals surface area contributed by atoms with Gasteiger partial charge in [0, 0.05) is 12.5 Å². The summed E-state index contributed by atoms with van der Waals surface area (Å²) in [6.07, 6.45) is 7.80. The zero-order chi connectivity index (χ0) is 16.2. The lowest BCUT2D eigenvalue weighted by molar-refractivity contribution is 0.0870. The zero-order valence-corrected chi connectivity index (χ0v) is 13.5. The number of aliphatic hydroxyl groups is 1. The van der Waals surface area contributed by atoms with Gasteiger partial charge in [-0.3, -0.25) is 4.79 Å². The smallest absolute Gasteiger partial charge is 0.253 e. The van der Waals surface area contributed by atoms with E-state index in [-0.39, 0.29) is 23.6 Å². The minimum atomic E-state index is -3.37. The number of nitrogens with zero attached hydrogens (tertiary/aromatic N) is 1. The number of aliphatic hydroxyl groups excluding tert-OH is 1. The van der Waals surface area contributed by atoms with Gasteiger partial charge in [-0.2, -0.15) is 0 Å². The molecule has 0 saturated heterocycles. The Bertz CT molecular complexity index is 607. The van der Waals surface area contributed by atoms with Crippen molar-refractivity contribution < 1.29 is 18.3 Å². The summed E-state index contributed by atoms with van der Waals surface area (Å²) in [5.41, 5.74) is 0.293. The van der Waals surface area contributed by atoms with Crippen LogP contribution in [0.2, 0.25) is 0 Å². The average Bonchev–Trinajstić information content (AvgIpc) is 2.52. The van der Waals surface area contributed by atoms with Gasteiger partial charge in [0.1, 0.15) is 0 Å². The standard InChI is InChI=1S/C15H22N2O4S/c1-22(20,21)14-8-7-12(9-16-14)15(19)17-13(10-18)11-5-3-2-4-6-11/h7-9,11,13,18H,2-6,10H2,1H3,(H,17,19). The summed E-state index contributed by atoms with van der Waals surface area (Å²) in [6.45, 7) is -0.0920. The molecule has 1 atom stereocenters. The van der Waals surface area contributed by atoms with Crippen LogP contribution in [-0.2, 0) is 9.84 Å². The molecule has 0 aliphatic heterocycles. The maximum Gasteiger partial charge on any atom is 0.253 e. The summed E-state index contributed by atoms with van der Waals surface area (Å²) in [6, 6.07) is 2.50. The molecule has 1 heterocycles. The highest BCUT2D eigenvalue weighted by Gasteiger charge is 2.25. The lowest BCUT2D eigenvalue weighted by atomic mass is 9.84. The highest BCUT2D eigenvalue weighted by atomic mass is 32.2. The maximum absolute atomic E-state index is 12.2. The van der Waals surface area contributed by atoms with E-state index in [9.17, 15) is 18.3 Å². The molecule has 6 nitrogen and oxygen atoms in total. The number of rotatable bonds is 5. The number of amides is 1. The van der Waals surface area contributed by atoms with Crippen LogP contribution in [0, 0.1) is 5.92 Å². The van der Waals surface area contributed by atoms with Crippen molar-refractivity contribution >= 4 is 15.7 Å². The third-order valence-corrected chi connectivity index (χ3v) is 5.11. The van der Waals surface area contributed by atoms with E-state index in [1.807, 2.05) is 0 Å². The first-order valence-corrected chi connectivity index (χ1v) is 9.39. The first-order valence-electron chi connectivity index (χ1n) is 7.49. The molecule has 1 fully saturated rings. The van der Waals surface area contributed by atoms with Gasteiger partial charge in [0.15, 0.2) is 14.9 Å². The second kappa shape index (κ2) is 7.19. The van der Waals surface area contributed by atoms with Crippen LogP contribution in [0.5, 0.6) is 0 Å². The predicted molar refractivity (Wildman–Crippen MR) is 82.3 cm³/mol. The molecule has 122 valence electrons. The van der Waals surface area contributed by atoms with E-state index < -0.39 is 9.84 Å². The van der Waals surface area contributed by atoms with Gasteiger partial charge in [-0.15, -0.1) is 0 Å². The lowest BCUT2D eigenvalue weighted by Crippen LogP contribution is -2.43. The van der Waals surface area contributed by atoms with Crippen LogP contribution >= 0.6 is 0 Å². The molecule has 1 amide bonds. The lowest BCUT2D eigenvalue weighted by Gasteiger charge is -2.29. The minimum Gasteiger partial charge on any atom is -0.394 e. The highest BCUT2D eigenvalue weighted by molar-refractivity contribution is 7.90. The van der Waals surface area contributed by atoms with Crippen LogP contribution in [0.4, 0.5) is 0 Å². The van der Waals surface area contributed by atoms with E-state index in [1.165, 1.54) is 24.8 Å². The summed E-state index contributed by atoms with van der Waals surface area (Å²) in [5.74, 6) is -0.0388. The molecule has 0 bridgehead atoms. The minimum absolute atomic E-state index is 0.0601. The summed E-state index contributed by atoms with van der Waals surface area (Å²) in [4.78, 5) is 16.0. The second-order valence-electron chi connectivity index (χ2n) is 5.82. The van der Waals surface area contributed by atoms with Crippen LogP contribution < -0.4 is 5.32 Å². The van der Waals surface area contributed by atoms with Crippen molar-refractivity contribution in [3.8, 4) is 0 Å². The highest BCUT2D eigenvalue weighted by Crippen LogP contribution is 2.26. The van der Waals surface area contributed by atoms with Crippen LogP contribution in [0.15, 0.2) is 23.4 Å². The Morgan fingerprint density at radius 3 is 2.55 bits per heavy atom. The third-order valence-electron chi connectivity index (χ3n) is 4.11. The van der Waals surface area contributed by atoms with Gasteiger partial charge < -0.3 is 10.4 Å². The Balaban J connectivity index is 2.04. The van der Waals surface area contributed by atoms with E-state index in [1.54, 1.807) is 0 Å². The number of nitrogens with one attached hydrogen (secondary N) is 1. The number of hydrogen-bond acceptors (Lipinski definition) is 5. The molecule has 1 aliphatic carbocycles. The summed E-state index contributed by atoms with van der Waals surface area (Å²) < 4.78 is 22.7. The molecule has 1 aromatic rings. The zero-order valence-electron chi connectivity index (χ0n) is 12.7. The molecule has 0 spiro atoms. The average molecular weight is 326 g/mol. The van der Waals surface area contributed by atoms with Gasteiger partial charge in [0.25, 0.3) is 5.91 Å². The molecule has 0 radical (unpaired) electrons. The van der Waals surface area contributed by atoms with Crippen LogP contribution in [0.1, 0.15) is 42.5 Å². The number of carbonyl (C=O) groups is 1. The number of sulfone groups is 1. The number of hydrogen-bond donors (Lipinski definition) is 2. The van der Waals surface area contributed by atoms with E-state index in [0.717, 1.165) is 31.9 Å². The monoisotopic (exact) mass is 326 g/mol. The Labute approximate surface area is 130 Å². The van der Waals surface area contributed by atoms with E-state index in [0.29, 0.717) is 11.5 Å². The van der Waals surface area contributed by atoms with Crippen molar-refractivity contribution in [2.45, 2.75) is 43.2 Å². The Morgan fingerprint density at radius 1 is 1.36 bits per heavy atom. The first kappa shape index (κ1) is 16.9. The third kappa shape index (κ3) is 4.27. The van der Waals surface area contributed by atoms with E-state index in [2.05, 4.69) is 10.3 Å². The molecule has 1 aromatic heterocycles. The number of carbonyl (C=O) groups excluding carboxylic acids is 1. The number of pyridine rings is 1.